The zero-order valence-electron chi connectivity index (χ0n) is 13.1. The number of hydrogen-bond donors (Lipinski definition) is 0. The monoisotopic (exact) mass is 307 g/mol. The van der Waals surface area contributed by atoms with E-state index in [1.165, 1.54) is 13.2 Å². The largest absolute Gasteiger partial charge is 0.496 e. The van der Waals surface area contributed by atoms with Crippen LogP contribution in [0.5, 0.6) is 5.75 Å². The molecule has 1 unspecified atom stereocenters. The maximum atomic E-state index is 14.1. The number of ether oxygens (including phenoxy) is 1. The molecule has 1 amide bonds. The Morgan fingerprint density at radius 2 is 2.00 bits per heavy atom. The topological polar surface area (TPSA) is 36.0 Å². The summed E-state index contributed by atoms with van der Waals surface area (Å²) in [6.07, 6.45) is 0. The van der Waals surface area contributed by atoms with Gasteiger partial charge in [0.1, 0.15) is 17.1 Å². The maximum absolute atomic E-state index is 14.1. The fraction of sp³-hybridized carbons (Fsp3) is 0.562. The molecule has 0 saturated carbocycles. The molecule has 0 bridgehead atoms. The fourth-order valence-electron chi connectivity index (χ4n) is 3.34. The third-order valence-corrected chi connectivity index (χ3v) is 4.59. The Morgan fingerprint density at radius 1 is 1.23 bits per heavy atom. The molecule has 1 aromatic rings. The highest BCUT2D eigenvalue weighted by atomic mass is 19.1. The Hall–Kier alpha value is -1.66. The molecular formula is C16H22FN3O2. The molecule has 0 spiro atoms. The molecule has 0 radical (unpaired) electrons. The number of carbonyl (C=O) groups excluding carboxylic acids is 1. The van der Waals surface area contributed by atoms with Crippen LogP contribution in [-0.4, -0.2) is 80.1 Å². The summed E-state index contributed by atoms with van der Waals surface area (Å²) in [7, 11) is 3.55. The number of likely N-dealkylation sites (N-methyl/N-ethyl adjacent to an activating group) is 1. The number of carbonyl (C=O) groups is 1. The zero-order valence-corrected chi connectivity index (χ0v) is 13.1. The van der Waals surface area contributed by atoms with Crippen molar-refractivity contribution in [3.8, 4) is 5.75 Å². The van der Waals surface area contributed by atoms with Crippen molar-refractivity contribution in [2.45, 2.75) is 6.04 Å². The first-order chi connectivity index (χ1) is 10.6. The van der Waals surface area contributed by atoms with Crippen molar-refractivity contribution in [1.82, 2.24) is 14.7 Å². The average molecular weight is 307 g/mol. The highest BCUT2D eigenvalue weighted by molar-refractivity contribution is 5.97. The summed E-state index contributed by atoms with van der Waals surface area (Å²) in [4.78, 5) is 19.2. The van der Waals surface area contributed by atoms with Gasteiger partial charge < -0.3 is 14.5 Å². The molecule has 1 aromatic carbocycles. The van der Waals surface area contributed by atoms with Gasteiger partial charge in [-0.05, 0) is 19.2 Å². The van der Waals surface area contributed by atoms with Gasteiger partial charge in [0.15, 0.2) is 0 Å². The first kappa shape index (κ1) is 15.2. The van der Waals surface area contributed by atoms with Gasteiger partial charge in [-0.15, -0.1) is 0 Å². The first-order valence-electron chi connectivity index (χ1n) is 7.64. The lowest BCUT2D eigenvalue weighted by molar-refractivity contribution is 0.0186. The molecule has 2 aliphatic heterocycles. The zero-order chi connectivity index (χ0) is 15.7. The smallest absolute Gasteiger partial charge is 0.260 e. The molecule has 3 rings (SSSR count). The van der Waals surface area contributed by atoms with Crippen LogP contribution in [0.3, 0.4) is 0 Å². The Balaban J connectivity index is 1.79. The van der Waals surface area contributed by atoms with E-state index < -0.39 is 5.82 Å². The van der Waals surface area contributed by atoms with Crippen molar-refractivity contribution in [2.75, 3.05) is 53.4 Å². The summed E-state index contributed by atoms with van der Waals surface area (Å²) >= 11 is 0. The second-order valence-corrected chi connectivity index (χ2v) is 6.02. The molecule has 22 heavy (non-hydrogen) atoms. The summed E-state index contributed by atoms with van der Waals surface area (Å²) < 4.78 is 19.2. The van der Waals surface area contributed by atoms with Crippen LogP contribution in [0.25, 0.3) is 0 Å². The molecule has 2 saturated heterocycles. The van der Waals surface area contributed by atoms with E-state index in [0.717, 1.165) is 26.2 Å². The van der Waals surface area contributed by atoms with Gasteiger partial charge in [-0.2, -0.15) is 0 Å². The number of rotatable bonds is 2. The van der Waals surface area contributed by atoms with E-state index in [-0.39, 0.29) is 11.5 Å². The number of benzene rings is 1. The van der Waals surface area contributed by atoms with E-state index in [9.17, 15) is 9.18 Å². The van der Waals surface area contributed by atoms with Crippen LogP contribution in [0.2, 0.25) is 0 Å². The van der Waals surface area contributed by atoms with Gasteiger partial charge in [0.05, 0.1) is 7.11 Å². The van der Waals surface area contributed by atoms with Crippen molar-refractivity contribution in [3.05, 3.63) is 29.6 Å². The predicted octanol–water partition coefficient (Wildman–Crippen LogP) is 0.906. The SMILES string of the molecule is COc1cccc(F)c1C(=O)N1CCN2CCN(C)CC2C1. The van der Waals surface area contributed by atoms with Crippen molar-refractivity contribution in [3.63, 3.8) is 0 Å². The van der Waals surface area contributed by atoms with Crippen LogP contribution in [0, 0.1) is 5.82 Å². The van der Waals surface area contributed by atoms with E-state index >= 15 is 0 Å². The normalized spacial score (nSPS) is 23.2. The molecule has 0 aromatic heterocycles. The van der Waals surface area contributed by atoms with Gasteiger partial charge in [0.2, 0.25) is 0 Å². The van der Waals surface area contributed by atoms with Crippen LogP contribution >= 0.6 is 0 Å². The maximum Gasteiger partial charge on any atom is 0.260 e. The van der Waals surface area contributed by atoms with Gasteiger partial charge in [-0.3, -0.25) is 9.69 Å². The molecule has 2 fully saturated rings. The van der Waals surface area contributed by atoms with Crippen LogP contribution < -0.4 is 4.74 Å². The van der Waals surface area contributed by atoms with E-state index in [2.05, 4.69) is 16.8 Å². The lowest BCUT2D eigenvalue weighted by Gasteiger charge is -2.46. The van der Waals surface area contributed by atoms with E-state index in [1.54, 1.807) is 17.0 Å². The van der Waals surface area contributed by atoms with Crippen LogP contribution in [-0.2, 0) is 0 Å². The number of amides is 1. The van der Waals surface area contributed by atoms with Crippen LogP contribution in [0.1, 0.15) is 10.4 Å². The average Bonchev–Trinajstić information content (AvgIpc) is 2.53. The highest BCUT2D eigenvalue weighted by Crippen LogP contribution is 2.24. The molecule has 1 atom stereocenters. The van der Waals surface area contributed by atoms with E-state index in [1.807, 2.05) is 0 Å². The van der Waals surface area contributed by atoms with Crippen molar-refractivity contribution in [1.29, 1.82) is 0 Å². The summed E-state index contributed by atoms with van der Waals surface area (Å²) in [6.45, 7) is 5.16. The van der Waals surface area contributed by atoms with Gasteiger partial charge in [0.25, 0.3) is 5.91 Å². The standard InChI is InChI=1S/C16H22FN3O2/c1-18-6-7-19-8-9-20(11-12(19)10-18)16(21)15-13(17)4-3-5-14(15)22-2/h3-5,12H,6-11H2,1-2H3. The van der Waals surface area contributed by atoms with Gasteiger partial charge in [-0.25, -0.2) is 4.39 Å². The Morgan fingerprint density at radius 3 is 2.77 bits per heavy atom. The van der Waals surface area contributed by atoms with Crippen LogP contribution in [0.15, 0.2) is 18.2 Å². The molecule has 120 valence electrons. The second-order valence-electron chi connectivity index (χ2n) is 6.02. The van der Waals surface area contributed by atoms with Crippen molar-refractivity contribution in [2.24, 2.45) is 0 Å². The Kier molecular flexibility index (Phi) is 4.31. The molecule has 0 N–H and O–H groups in total. The van der Waals surface area contributed by atoms with Gasteiger partial charge >= 0.3 is 0 Å². The highest BCUT2D eigenvalue weighted by Gasteiger charge is 2.34. The van der Waals surface area contributed by atoms with Crippen molar-refractivity contribution >= 4 is 5.91 Å². The quantitative estimate of drug-likeness (QED) is 0.814. The summed E-state index contributed by atoms with van der Waals surface area (Å²) in [6, 6.07) is 4.81. The van der Waals surface area contributed by atoms with Gasteiger partial charge in [-0.1, -0.05) is 6.07 Å². The fourth-order valence-corrected chi connectivity index (χ4v) is 3.34. The lowest BCUT2D eigenvalue weighted by Crippen LogP contribution is -2.62. The summed E-state index contributed by atoms with van der Waals surface area (Å²) in [5.41, 5.74) is 0.0441. The number of piperazine rings is 2. The lowest BCUT2D eigenvalue weighted by atomic mass is 10.1. The number of hydrogen-bond acceptors (Lipinski definition) is 4. The van der Waals surface area contributed by atoms with E-state index in [0.29, 0.717) is 24.9 Å². The Bertz CT molecular complexity index is 566. The van der Waals surface area contributed by atoms with Gasteiger partial charge in [0, 0.05) is 45.3 Å². The molecule has 2 aliphatic rings. The number of halogens is 1. The Labute approximate surface area is 130 Å². The van der Waals surface area contributed by atoms with E-state index in [4.69, 9.17) is 4.74 Å². The third kappa shape index (κ3) is 2.80. The summed E-state index contributed by atoms with van der Waals surface area (Å²) in [5.74, 6) is -0.497. The molecular weight excluding hydrogens is 285 g/mol. The first-order valence-corrected chi connectivity index (χ1v) is 7.64. The minimum atomic E-state index is -0.521. The number of methoxy groups -OCH3 is 1. The predicted molar refractivity (Wildman–Crippen MR) is 81.7 cm³/mol. The minimum absolute atomic E-state index is 0.0441. The number of fused-ring (bicyclic) bond motifs is 1. The summed E-state index contributed by atoms with van der Waals surface area (Å²) in [5, 5.41) is 0. The molecule has 2 heterocycles. The molecule has 0 aliphatic carbocycles. The number of nitrogens with zero attached hydrogens (tertiary/aromatic N) is 3. The van der Waals surface area contributed by atoms with Crippen LogP contribution in [0.4, 0.5) is 4.39 Å². The minimum Gasteiger partial charge on any atom is -0.496 e. The molecule has 5 nitrogen and oxygen atoms in total. The molecule has 6 heteroatoms. The third-order valence-electron chi connectivity index (χ3n) is 4.59. The van der Waals surface area contributed by atoms with Crippen molar-refractivity contribution < 1.29 is 13.9 Å². The second kappa shape index (κ2) is 6.22.